The highest BCUT2D eigenvalue weighted by atomic mass is 32.1. The van der Waals surface area contributed by atoms with Crippen LogP contribution in [-0.4, -0.2) is 23.5 Å². The molecule has 0 spiro atoms. The van der Waals surface area contributed by atoms with Crippen molar-refractivity contribution in [2.24, 2.45) is 0 Å². The summed E-state index contributed by atoms with van der Waals surface area (Å²) in [5.41, 5.74) is 0.733. The lowest BCUT2D eigenvalue weighted by atomic mass is 9.94. The monoisotopic (exact) mass is 211 g/mol. The van der Waals surface area contributed by atoms with Gasteiger partial charge in [0.1, 0.15) is 4.88 Å². The molecule has 0 atom stereocenters. The SMILES string of the molecule is CNc1nc2c(s1)C(=O)NC(C)(C)C2. The highest BCUT2D eigenvalue weighted by molar-refractivity contribution is 7.17. The molecule has 2 heterocycles. The summed E-state index contributed by atoms with van der Waals surface area (Å²) in [4.78, 5) is 16.8. The Balaban J connectivity index is 2.43. The third kappa shape index (κ3) is 1.48. The Morgan fingerprint density at radius 1 is 1.57 bits per heavy atom. The summed E-state index contributed by atoms with van der Waals surface area (Å²) in [7, 11) is 1.81. The normalized spacial score (nSPS) is 18.6. The lowest BCUT2D eigenvalue weighted by Crippen LogP contribution is -2.48. The number of amides is 1. The Hall–Kier alpha value is -1.10. The van der Waals surface area contributed by atoms with Crippen LogP contribution >= 0.6 is 11.3 Å². The molecule has 14 heavy (non-hydrogen) atoms. The number of carbonyl (C=O) groups is 1. The number of nitrogens with zero attached hydrogens (tertiary/aromatic N) is 1. The van der Waals surface area contributed by atoms with Crippen molar-refractivity contribution in [3.05, 3.63) is 10.6 Å². The summed E-state index contributed by atoms with van der Waals surface area (Å²) < 4.78 is 0. The summed E-state index contributed by atoms with van der Waals surface area (Å²) >= 11 is 1.41. The zero-order chi connectivity index (χ0) is 10.3. The van der Waals surface area contributed by atoms with Crippen molar-refractivity contribution < 1.29 is 4.79 Å². The lowest BCUT2D eigenvalue weighted by Gasteiger charge is -2.29. The summed E-state index contributed by atoms with van der Waals surface area (Å²) in [6.45, 7) is 4.01. The van der Waals surface area contributed by atoms with E-state index in [4.69, 9.17) is 0 Å². The number of anilines is 1. The number of rotatable bonds is 1. The first-order valence-corrected chi connectivity index (χ1v) is 5.33. The second-order valence-corrected chi connectivity index (χ2v) is 5.06. The average Bonchev–Trinajstić information content (AvgIpc) is 2.45. The molecular weight excluding hydrogens is 198 g/mol. The Labute approximate surface area is 86.7 Å². The molecule has 0 unspecified atom stereocenters. The van der Waals surface area contributed by atoms with Crippen molar-refractivity contribution in [3.63, 3.8) is 0 Å². The van der Waals surface area contributed by atoms with E-state index in [9.17, 15) is 4.79 Å². The number of aromatic nitrogens is 1. The third-order valence-electron chi connectivity index (χ3n) is 2.18. The summed E-state index contributed by atoms with van der Waals surface area (Å²) in [5.74, 6) is -0.00440. The van der Waals surface area contributed by atoms with Gasteiger partial charge in [-0.2, -0.15) is 0 Å². The van der Waals surface area contributed by atoms with Crippen LogP contribution in [0.4, 0.5) is 5.13 Å². The lowest BCUT2D eigenvalue weighted by molar-refractivity contribution is 0.0901. The van der Waals surface area contributed by atoms with Crippen LogP contribution in [0, 0.1) is 0 Å². The number of hydrogen-bond donors (Lipinski definition) is 2. The smallest absolute Gasteiger partial charge is 0.263 e. The molecule has 1 aromatic rings. The van der Waals surface area contributed by atoms with E-state index in [1.807, 2.05) is 20.9 Å². The molecule has 0 saturated carbocycles. The van der Waals surface area contributed by atoms with Crippen LogP contribution in [0.1, 0.15) is 29.2 Å². The average molecular weight is 211 g/mol. The minimum absolute atomic E-state index is 0.00440. The van der Waals surface area contributed by atoms with Crippen molar-refractivity contribution in [1.82, 2.24) is 10.3 Å². The second kappa shape index (κ2) is 2.95. The number of nitrogens with one attached hydrogen (secondary N) is 2. The van der Waals surface area contributed by atoms with E-state index in [0.717, 1.165) is 22.1 Å². The molecule has 2 rings (SSSR count). The molecule has 0 saturated heterocycles. The molecule has 1 aliphatic heterocycles. The van der Waals surface area contributed by atoms with Crippen molar-refractivity contribution in [2.45, 2.75) is 25.8 Å². The van der Waals surface area contributed by atoms with Crippen LogP contribution in [0.5, 0.6) is 0 Å². The molecule has 76 valence electrons. The fraction of sp³-hybridized carbons (Fsp3) is 0.556. The molecule has 0 radical (unpaired) electrons. The van der Waals surface area contributed by atoms with Crippen molar-refractivity contribution >= 4 is 22.4 Å². The molecule has 0 fully saturated rings. The van der Waals surface area contributed by atoms with E-state index in [0.29, 0.717) is 0 Å². The Kier molecular flexibility index (Phi) is 1.99. The maximum atomic E-state index is 11.7. The predicted molar refractivity (Wildman–Crippen MR) is 56.9 cm³/mol. The summed E-state index contributed by atoms with van der Waals surface area (Å²) in [6, 6.07) is 0. The summed E-state index contributed by atoms with van der Waals surface area (Å²) in [6.07, 6.45) is 0.798. The first kappa shape index (κ1) is 9.45. The van der Waals surface area contributed by atoms with Gasteiger partial charge < -0.3 is 10.6 Å². The number of hydrogen-bond acceptors (Lipinski definition) is 4. The Morgan fingerprint density at radius 2 is 2.29 bits per heavy atom. The van der Waals surface area contributed by atoms with Gasteiger partial charge in [0.15, 0.2) is 5.13 Å². The van der Waals surface area contributed by atoms with E-state index in [2.05, 4.69) is 15.6 Å². The zero-order valence-corrected chi connectivity index (χ0v) is 9.29. The van der Waals surface area contributed by atoms with Crippen LogP contribution in [0.3, 0.4) is 0 Å². The third-order valence-corrected chi connectivity index (χ3v) is 3.29. The van der Waals surface area contributed by atoms with Gasteiger partial charge >= 0.3 is 0 Å². The van der Waals surface area contributed by atoms with E-state index in [1.54, 1.807) is 0 Å². The van der Waals surface area contributed by atoms with E-state index in [1.165, 1.54) is 11.3 Å². The van der Waals surface area contributed by atoms with Gasteiger partial charge in [-0.1, -0.05) is 11.3 Å². The largest absolute Gasteiger partial charge is 0.365 e. The molecule has 1 aliphatic rings. The van der Waals surface area contributed by atoms with Gasteiger partial charge in [-0.15, -0.1) is 0 Å². The van der Waals surface area contributed by atoms with Crippen LogP contribution < -0.4 is 10.6 Å². The quantitative estimate of drug-likeness (QED) is 0.735. The van der Waals surface area contributed by atoms with Gasteiger partial charge in [0.05, 0.1) is 5.69 Å². The predicted octanol–water partition coefficient (Wildman–Crippen LogP) is 1.25. The fourth-order valence-corrected chi connectivity index (χ4v) is 2.41. The standard InChI is InChI=1S/C9H13N3OS/c1-9(2)4-5-6(7(13)12-9)14-8(10-3)11-5/h4H2,1-3H3,(H,10,11)(H,12,13). The topological polar surface area (TPSA) is 54.0 Å². The van der Waals surface area contributed by atoms with Gasteiger partial charge in [-0.25, -0.2) is 4.98 Å². The highest BCUT2D eigenvalue weighted by Gasteiger charge is 2.32. The van der Waals surface area contributed by atoms with E-state index >= 15 is 0 Å². The van der Waals surface area contributed by atoms with Crippen molar-refractivity contribution in [1.29, 1.82) is 0 Å². The Bertz CT molecular complexity index is 383. The molecule has 0 bridgehead atoms. The molecular formula is C9H13N3OS. The van der Waals surface area contributed by atoms with Crippen molar-refractivity contribution in [2.75, 3.05) is 12.4 Å². The van der Waals surface area contributed by atoms with Gasteiger partial charge in [0.2, 0.25) is 0 Å². The molecule has 1 aromatic heterocycles. The maximum absolute atomic E-state index is 11.7. The van der Waals surface area contributed by atoms with Gasteiger partial charge in [-0.05, 0) is 13.8 Å². The fourth-order valence-electron chi connectivity index (χ4n) is 1.58. The Morgan fingerprint density at radius 3 is 2.93 bits per heavy atom. The summed E-state index contributed by atoms with van der Waals surface area (Å²) in [5, 5.41) is 6.72. The molecule has 5 heteroatoms. The number of fused-ring (bicyclic) bond motifs is 1. The molecule has 4 nitrogen and oxygen atoms in total. The van der Waals surface area contributed by atoms with Crippen LogP contribution in [0.2, 0.25) is 0 Å². The minimum Gasteiger partial charge on any atom is -0.365 e. The maximum Gasteiger partial charge on any atom is 0.263 e. The van der Waals surface area contributed by atoms with E-state index < -0.39 is 0 Å². The van der Waals surface area contributed by atoms with Crippen LogP contribution in [0.15, 0.2) is 0 Å². The second-order valence-electron chi connectivity index (χ2n) is 4.06. The number of thiazole rings is 1. The molecule has 2 N–H and O–H groups in total. The number of carbonyl (C=O) groups excluding carboxylic acids is 1. The van der Waals surface area contributed by atoms with Crippen LogP contribution in [0.25, 0.3) is 0 Å². The van der Waals surface area contributed by atoms with Gasteiger partial charge in [-0.3, -0.25) is 4.79 Å². The highest BCUT2D eigenvalue weighted by Crippen LogP contribution is 2.29. The minimum atomic E-state index is -0.177. The molecule has 1 amide bonds. The molecule has 0 aromatic carbocycles. The molecule has 0 aliphatic carbocycles. The van der Waals surface area contributed by atoms with Crippen molar-refractivity contribution in [3.8, 4) is 0 Å². The van der Waals surface area contributed by atoms with Gasteiger partial charge in [0.25, 0.3) is 5.91 Å². The zero-order valence-electron chi connectivity index (χ0n) is 8.47. The van der Waals surface area contributed by atoms with Gasteiger partial charge in [0, 0.05) is 19.0 Å². The first-order chi connectivity index (χ1) is 6.52. The van der Waals surface area contributed by atoms with Crippen LogP contribution in [-0.2, 0) is 6.42 Å². The van der Waals surface area contributed by atoms with E-state index in [-0.39, 0.29) is 11.4 Å². The first-order valence-electron chi connectivity index (χ1n) is 4.52.